The first-order valence-electron chi connectivity index (χ1n) is 5.52. The molecule has 1 rings (SSSR count). The number of carbonyl (C=O) groups excluding carboxylic acids is 2. The van der Waals surface area contributed by atoms with Crippen molar-refractivity contribution < 1.29 is 22.8 Å². The third-order valence-corrected chi connectivity index (χ3v) is 2.31. The fraction of sp³-hybridized carbons (Fsp3) is 0.333. The first-order chi connectivity index (χ1) is 8.82. The summed E-state index contributed by atoms with van der Waals surface area (Å²) in [4.78, 5) is 21.8. The third kappa shape index (κ3) is 5.09. The molecule has 0 unspecified atom stereocenters. The average Bonchev–Trinajstić information content (AvgIpc) is 2.30. The summed E-state index contributed by atoms with van der Waals surface area (Å²) in [5.41, 5.74) is 6.65. The van der Waals surface area contributed by atoms with E-state index >= 15 is 0 Å². The van der Waals surface area contributed by atoms with Gasteiger partial charge in [-0.2, -0.15) is 13.2 Å². The number of benzene rings is 1. The molecule has 0 aliphatic carbocycles. The van der Waals surface area contributed by atoms with E-state index < -0.39 is 24.3 Å². The Morgan fingerprint density at radius 1 is 1.16 bits per heavy atom. The minimum atomic E-state index is -4.98. The van der Waals surface area contributed by atoms with Crippen LogP contribution in [0.4, 0.5) is 18.9 Å². The molecule has 0 spiro atoms. The number of alkyl halides is 3. The monoisotopic (exact) mass is 274 g/mol. The zero-order valence-electron chi connectivity index (χ0n) is 9.96. The Hall–Kier alpha value is -1.89. The highest BCUT2D eigenvalue weighted by Gasteiger charge is 2.39. The molecule has 0 aromatic heterocycles. The van der Waals surface area contributed by atoms with Gasteiger partial charge in [0.2, 0.25) is 11.7 Å². The molecule has 0 radical (unpaired) electrons. The predicted molar refractivity (Wildman–Crippen MR) is 63.5 cm³/mol. The maximum absolute atomic E-state index is 11.9. The van der Waals surface area contributed by atoms with Crippen molar-refractivity contribution in [2.75, 3.05) is 11.9 Å². The van der Waals surface area contributed by atoms with Gasteiger partial charge in [0.25, 0.3) is 0 Å². The number of hydrogen-bond acceptors (Lipinski definition) is 3. The largest absolute Gasteiger partial charge is 0.450 e. The van der Waals surface area contributed by atoms with Crippen LogP contribution in [0.15, 0.2) is 24.3 Å². The van der Waals surface area contributed by atoms with E-state index in [0.717, 1.165) is 5.56 Å². The molecule has 1 amide bonds. The van der Waals surface area contributed by atoms with Crippen LogP contribution in [-0.4, -0.2) is 24.4 Å². The Kier molecular flexibility index (Phi) is 5.05. The summed E-state index contributed by atoms with van der Waals surface area (Å²) in [6.07, 6.45) is -5.53. The second-order valence-electron chi connectivity index (χ2n) is 3.88. The molecule has 0 fully saturated rings. The number of amides is 1. The smallest absolute Gasteiger partial charge is 0.330 e. The number of rotatable bonds is 5. The molecule has 0 heterocycles. The summed E-state index contributed by atoms with van der Waals surface area (Å²) in [5, 5.41) is 2.22. The number of Topliss-reactive ketones (excluding diaryl/α,β-unsaturated/α-hetero) is 1. The highest BCUT2D eigenvalue weighted by Crippen LogP contribution is 2.18. The van der Waals surface area contributed by atoms with Crippen LogP contribution in [-0.2, 0) is 16.0 Å². The molecule has 19 heavy (non-hydrogen) atoms. The molecule has 0 atom stereocenters. The van der Waals surface area contributed by atoms with E-state index in [4.69, 9.17) is 5.73 Å². The zero-order chi connectivity index (χ0) is 14.5. The summed E-state index contributed by atoms with van der Waals surface area (Å²) in [6, 6.07) is 6.49. The van der Waals surface area contributed by atoms with Crippen LogP contribution >= 0.6 is 0 Å². The molecule has 0 aliphatic heterocycles. The zero-order valence-corrected chi connectivity index (χ0v) is 9.96. The molecule has 0 aliphatic rings. The maximum Gasteiger partial charge on any atom is 0.450 e. The van der Waals surface area contributed by atoms with Gasteiger partial charge >= 0.3 is 6.18 Å². The molecule has 0 bridgehead atoms. The van der Waals surface area contributed by atoms with Crippen LogP contribution < -0.4 is 11.1 Å². The number of carbonyl (C=O) groups is 2. The Bertz CT molecular complexity index is 455. The van der Waals surface area contributed by atoms with E-state index in [0.29, 0.717) is 18.7 Å². The average molecular weight is 274 g/mol. The summed E-state index contributed by atoms with van der Waals surface area (Å²) >= 11 is 0. The van der Waals surface area contributed by atoms with Gasteiger partial charge in [0.05, 0.1) is 6.42 Å². The van der Waals surface area contributed by atoms with Gasteiger partial charge in [0, 0.05) is 5.69 Å². The highest BCUT2D eigenvalue weighted by molar-refractivity contribution is 6.06. The summed E-state index contributed by atoms with van der Waals surface area (Å²) in [5.74, 6) is -3.06. The number of nitrogens with two attached hydrogens (primary N) is 1. The van der Waals surface area contributed by atoms with Crippen LogP contribution in [0.2, 0.25) is 0 Å². The van der Waals surface area contributed by atoms with Crippen molar-refractivity contribution in [3.63, 3.8) is 0 Å². The lowest BCUT2D eigenvalue weighted by Gasteiger charge is -2.07. The van der Waals surface area contributed by atoms with Crippen LogP contribution in [0.25, 0.3) is 0 Å². The highest BCUT2D eigenvalue weighted by atomic mass is 19.4. The molecule has 0 saturated carbocycles. The molecule has 104 valence electrons. The topological polar surface area (TPSA) is 72.2 Å². The number of ketones is 1. The minimum Gasteiger partial charge on any atom is -0.330 e. The normalized spacial score (nSPS) is 11.2. The number of anilines is 1. The second-order valence-corrected chi connectivity index (χ2v) is 3.88. The summed E-state index contributed by atoms with van der Waals surface area (Å²) in [6.45, 7) is 0.478. The van der Waals surface area contributed by atoms with Crippen molar-refractivity contribution in [3.05, 3.63) is 29.8 Å². The van der Waals surface area contributed by atoms with Crippen molar-refractivity contribution in [1.29, 1.82) is 0 Å². The molecule has 1 aromatic rings. The van der Waals surface area contributed by atoms with E-state index in [9.17, 15) is 22.8 Å². The van der Waals surface area contributed by atoms with E-state index in [1.807, 2.05) is 0 Å². The fourth-order valence-corrected chi connectivity index (χ4v) is 1.37. The van der Waals surface area contributed by atoms with Gasteiger partial charge in [-0.3, -0.25) is 9.59 Å². The molecular formula is C12H13F3N2O2. The van der Waals surface area contributed by atoms with E-state index in [2.05, 4.69) is 5.32 Å². The van der Waals surface area contributed by atoms with Gasteiger partial charge in [0.1, 0.15) is 0 Å². The quantitative estimate of drug-likeness (QED) is 0.802. The van der Waals surface area contributed by atoms with E-state index in [1.165, 1.54) is 0 Å². The standard InChI is InChI=1S/C12H13F3N2O2/c13-12(14,15)10(18)7-11(19)17-9-3-1-8(2-4-9)5-6-16/h1-4H,5-7,16H2,(H,17,19). The van der Waals surface area contributed by atoms with E-state index in [1.54, 1.807) is 24.3 Å². The van der Waals surface area contributed by atoms with E-state index in [-0.39, 0.29) is 0 Å². The molecule has 1 aromatic carbocycles. The van der Waals surface area contributed by atoms with Crippen molar-refractivity contribution in [2.45, 2.75) is 19.0 Å². The third-order valence-electron chi connectivity index (χ3n) is 2.31. The minimum absolute atomic E-state index is 0.334. The second kappa shape index (κ2) is 6.33. The Morgan fingerprint density at radius 2 is 1.74 bits per heavy atom. The molecule has 3 N–H and O–H groups in total. The van der Waals surface area contributed by atoms with Crippen molar-refractivity contribution in [3.8, 4) is 0 Å². The molecule has 7 heteroatoms. The Morgan fingerprint density at radius 3 is 2.21 bits per heavy atom. The van der Waals surface area contributed by atoms with Crippen molar-refractivity contribution in [2.24, 2.45) is 5.73 Å². The lowest BCUT2D eigenvalue weighted by atomic mass is 10.1. The Labute approximate surface area is 107 Å². The lowest BCUT2D eigenvalue weighted by molar-refractivity contribution is -0.171. The first-order valence-corrected chi connectivity index (χ1v) is 5.52. The van der Waals surface area contributed by atoms with Crippen LogP contribution in [0.5, 0.6) is 0 Å². The van der Waals surface area contributed by atoms with Gasteiger partial charge in [-0.05, 0) is 30.7 Å². The Balaban J connectivity index is 2.55. The lowest BCUT2D eigenvalue weighted by Crippen LogP contribution is -2.27. The van der Waals surface area contributed by atoms with Gasteiger partial charge in [0.15, 0.2) is 0 Å². The van der Waals surface area contributed by atoms with Crippen LogP contribution in [0.1, 0.15) is 12.0 Å². The summed E-state index contributed by atoms with van der Waals surface area (Å²) in [7, 11) is 0. The van der Waals surface area contributed by atoms with Gasteiger partial charge in [-0.1, -0.05) is 12.1 Å². The summed E-state index contributed by atoms with van der Waals surface area (Å²) < 4.78 is 35.8. The van der Waals surface area contributed by atoms with Crippen molar-refractivity contribution in [1.82, 2.24) is 0 Å². The van der Waals surface area contributed by atoms with Crippen LogP contribution in [0, 0.1) is 0 Å². The first kappa shape index (κ1) is 15.2. The van der Waals surface area contributed by atoms with Gasteiger partial charge < -0.3 is 11.1 Å². The fourth-order valence-electron chi connectivity index (χ4n) is 1.37. The number of hydrogen-bond donors (Lipinski definition) is 2. The van der Waals surface area contributed by atoms with Crippen molar-refractivity contribution >= 4 is 17.4 Å². The molecular weight excluding hydrogens is 261 g/mol. The SMILES string of the molecule is NCCc1ccc(NC(=O)CC(=O)C(F)(F)F)cc1. The predicted octanol–water partition coefficient (Wildman–Crippen LogP) is 1.65. The number of nitrogens with one attached hydrogen (secondary N) is 1. The molecule has 0 saturated heterocycles. The van der Waals surface area contributed by atoms with Gasteiger partial charge in [-0.15, -0.1) is 0 Å². The maximum atomic E-state index is 11.9. The van der Waals surface area contributed by atoms with Gasteiger partial charge in [-0.25, -0.2) is 0 Å². The van der Waals surface area contributed by atoms with Crippen LogP contribution in [0.3, 0.4) is 0 Å². The molecule has 4 nitrogen and oxygen atoms in total. The number of halogens is 3.